The lowest BCUT2D eigenvalue weighted by molar-refractivity contribution is 0.144. The molecule has 0 radical (unpaired) electrons. The number of guanidine groups is 1. The van der Waals surface area contributed by atoms with Crippen molar-refractivity contribution in [3.8, 4) is 0 Å². The minimum atomic E-state index is 0. The Morgan fingerprint density at radius 3 is 2.71 bits per heavy atom. The van der Waals surface area contributed by atoms with Crippen LogP contribution in [0.25, 0.3) is 0 Å². The minimum absolute atomic E-state index is 0. The number of thiazole rings is 1. The van der Waals surface area contributed by atoms with Gasteiger partial charge in [-0.2, -0.15) is 0 Å². The van der Waals surface area contributed by atoms with Crippen LogP contribution in [0.4, 0.5) is 0 Å². The van der Waals surface area contributed by atoms with Crippen molar-refractivity contribution in [2.75, 3.05) is 46.9 Å². The Balaban J connectivity index is 0.00000288. The molecule has 1 aromatic heterocycles. The highest BCUT2D eigenvalue weighted by atomic mass is 127. The predicted octanol–water partition coefficient (Wildman–Crippen LogP) is 1.89. The topological polar surface area (TPSA) is 61.8 Å². The van der Waals surface area contributed by atoms with E-state index in [0.717, 1.165) is 51.2 Å². The molecule has 1 heterocycles. The summed E-state index contributed by atoms with van der Waals surface area (Å²) in [6.07, 6.45) is 5.51. The maximum atomic E-state index is 5.19. The van der Waals surface area contributed by atoms with Crippen molar-refractivity contribution in [1.82, 2.24) is 20.5 Å². The van der Waals surface area contributed by atoms with Crippen molar-refractivity contribution in [2.24, 2.45) is 4.99 Å². The van der Waals surface area contributed by atoms with Crippen molar-refractivity contribution < 1.29 is 4.74 Å². The van der Waals surface area contributed by atoms with Crippen LogP contribution in [-0.4, -0.2) is 68.8 Å². The number of ether oxygens (including phenoxy) is 1. The average Bonchev–Trinajstić information content (AvgIpc) is 3.31. The molecule has 24 heavy (non-hydrogen) atoms. The first-order valence-electron chi connectivity index (χ1n) is 8.31. The van der Waals surface area contributed by atoms with Crippen LogP contribution in [-0.2, 0) is 11.2 Å². The second-order valence-electron chi connectivity index (χ2n) is 5.80. The van der Waals surface area contributed by atoms with Gasteiger partial charge < -0.3 is 15.4 Å². The lowest BCUT2D eigenvalue weighted by atomic mass is 10.4. The van der Waals surface area contributed by atoms with E-state index in [0.29, 0.717) is 0 Å². The van der Waals surface area contributed by atoms with Crippen LogP contribution in [0.2, 0.25) is 0 Å². The van der Waals surface area contributed by atoms with E-state index in [1.807, 2.05) is 13.2 Å². The molecular formula is C16H30IN5OS. The van der Waals surface area contributed by atoms with E-state index in [2.05, 4.69) is 32.4 Å². The Bertz CT molecular complexity index is 493. The van der Waals surface area contributed by atoms with E-state index in [9.17, 15) is 0 Å². The van der Waals surface area contributed by atoms with Gasteiger partial charge in [-0.1, -0.05) is 0 Å². The number of nitrogens with zero attached hydrogens (tertiary/aromatic N) is 3. The van der Waals surface area contributed by atoms with E-state index >= 15 is 0 Å². The molecule has 0 amide bonds. The Hall–Kier alpha value is -0.450. The molecule has 0 aliphatic heterocycles. The van der Waals surface area contributed by atoms with E-state index in [1.54, 1.807) is 18.4 Å². The molecular weight excluding hydrogens is 437 g/mol. The molecule has 1 aromatic rings. The summed E-state index contributed by atoms with van der Waals surface area (Å²) in [4.78, 5) is 12.4. The first kappa shape index (κ1) is 21.6. The van der Waals surface area contributed by atoms with Crippen LogP contribution < -0.4 is 10.6 Å². The van der Waals surface area contributed by atoms with Gasteiger partial charge >= 0.3 is 0 Å². The highest BCUT2D eigenvalue weighted by Crippen LogP contribution is 2.25. The number of hydrogen-bond acceptors (Lipinski definition) is 5. The van der Waals surface area contributed by atoms with Crippen molar-refractivity contribution >= 4 is 41.3 Å². The van der Waals surface area contributed by atoms with Crippen LogP contribution in [0, 0.1) is 6.92 Å². The van der Waals surface area contributed by atoms with E-state index in [1.165, 1.54) is 22.7 Å². The number of halogens is 1. The molecule has 8 heteroatoms. The summed E-state index contributed by atoms with van der Waals surface area (Å²) in [7, 11) is 3.57. The maximum Gasteiger partial charge on any atom is 0.191 e. The summed E-state index contributed by atoms with van der Waals surface area (Å²) < 4.78 is 5.19. The van der Waals surface area contributed by atoms with Crippen molar-refractivity contribution in [2.45, 2.75) is 32.2 Å². The summed E-state index contributed by atoms with van der Waals surface area (Å²) in [5.74, 6) is 0.862. The molecule has 0 atom stereocenters. The molecule has 0 aromatic carbocycles. The Kier molecular flexibility index (Phi) is 10.8. The zero-order chi connectivity index (χ0) is 16.5. The fourth-order valence-electron chi connectivity index (χ4n) is 2.47. The van der Waals surface area contributed by atoms with Crippen LogP contribution in [0.3, 0.4) is 0 Å². The molecule has 1 fully saturated rings. The highest BCUT2D eigenvalue weighted by Gasteiger charge is 2.28. The zero-order valence-corrected chi connectivity index (χ0v) is 18.0. The van der Waals surface area contributed by atoms with Gasteiger partial charge in [0.05, 0.1) is 11.6 Å². The second-order valence-corrected chi connectivity index (χ2v) is 7.12. The summed E-state index contributed by atoms with van der Waals surface area (Å²) >= 11 is 1.76. The van der Waals surface area contributed by atoms with E-state index in [-0.39, 0.29) is 24.0 Å². The van der Waals surface area contributed by atoms with Gasteiger partial charge in [0.25, 0.3) is 0 Å². The van der Waals surface area contributed by atoms with Gasteiger partial charge in [-0.25, -0.2) is 4.98 Å². The van der Waals surface area contributed by atoms with Gasteiger partial charge in [0.15, 0.2) is 5.96 Å². The second kappa shape index (κ2) is 12.0. The Labute approximate surface area is 166 Å². The summed E-state index contributed by atoms with van der Waals surface area (Å²) in [6, 6.07) is 0.759. The van der Waals surface area contributed by atoms with Gasteiger partial charge in [-0.15, -0.1) is 35.3 Å². The molecule has 1 saturated carbocycles. The van der Waals surface area contributed by atoms with Crippen molar-refractivity contribution in [3.05, 3.63) is 16.1 Å². The third-order valence-electron chi connectivity index (χ3n) is 3.86. The molecule has 2 N–H and O–H groups in total. The molecule has 0 bridgehead atoms. The lowest BCUT2D eigenvalue weighted by Gasteiger charge is -2.22. The van der Waals surface area contributed by atoms with Crippen molar-refractivity contribution in [3.63, 3.8) is 0 Å². The monoisotopic (exact) mass is 467 g/mol. The number of rotatable bonds is 10. The number of methoxy groups -OCH3 is 1. The highest BCUT2D eigenvalue weighted by molar-refractivity contribution is 14.0. The van der Waals surface area contributed by atoms with Crippen LogP contribution >= 0.6 is 35.3 Å². The maximum absolute atomic E-state index is 5.19. The molecule has 1 aliphatic rings. The summed E-state index contributed by atoms with van der Waals surface area (Å²) in [5.41, 5.74) is 0. The smallest absolute Gasteiger partial charge is 0.191 e. The van der Waals surface area contributed by atoms with E-state index < -0.39 is 0 Å². The van der Waals surface area contributed by atoms with Crippen molar-refractivity contribution in [1.29, 1.82) is 0 Å². The van der Waals surface area contributed by atoms with Crippen LogP contribution in [0.5, 0.6) is 0 Å². The largest absolute Gasteiger partial charge is 0.383 e. The fraction of sp³-hybridized carbons (Fsp3) is 0.750. The normalized spacial score (nSPS) is 14.6. The standard InChI is InChI=1S/C16H29N5OS.HI/c1-13-12-20-15(23-13)6-7-18-16(17-2)19-8-9-21(10-11-22-3)14-4-5-14;/h12,14H,4-11H2,1-3H3,(H2,17,18,19);1H. The Morgan fingerprint density at radius 2 is 2.12 bits per heavy atom. The molecule has 0 saturated heterocycles. The molecule has 0 spiro atoms. The lowest BCUT2D eigenvalue weighted by Crippen LogP contribution is -2.43. The molecule has 6 nitrogen and oxygen atoms in total. The number of aryl methyl sites for hydroxylation is 1. The molecule has 1 aliphatic carbocycles. The molecule has 138 valence electrons. The first-order valence-corrected chi connectivity index (χ1v) is 9.13. The third kappa shape index (κ3) is 8.09. The summed E-state index contributed by atoms with van der Waals surface area (Å²) in [6.45, 7) is 6.68. The molecule has 2 rings (SSSR count). The SMILES string of the molecule is CN=C(NCCc1ncc(C)s1)NCCN(CCOC)C1CC1.I. The quantitative estimate of drug-likeness (QED) is 0.313. The average molecular weight is 467 g/mol. The number of aromatic nitrogens is 1. The third-order valence-corrected chi connectivity index (χ3v) is 4.83. The number of aliphatic imine (C=N–C) groups is 1. The van der Waals surface area contributed by atoms with Gasteiger partial charge in [-0.3, -0.25) is 9.89 Å². The van der Waals surface area contributed by atoms with Crippen LogP contribution in [0.1, 0.15) is 22.7 Å². The Morgan fingerprint density at radius 1 is 1.38 bits per heavy atom. The van der Waals surface area contributed by atoms with Gasteiger partial charge in [0.2, 0.25) is 0 Å². The number of nitrogens with one attached hydrogen (secondary N) is 2. The van der Waals surface area contributed by atoms with E-state index in [4.69, 9.17) is 4.74 Å². The summed E-state index contributed by atoms with van der Waals surface area (Å²) in [5, 5.41) is 7.91. The van der Waals surface area contributed by atoms with Gasteiger partial charge in [-0.05, 0) is 19.8 Å². The number of hydrogen-bond donors (Lipinski definition) is 2. The predicted molar refractivity (Wildman–Crippen MR) is 112 cm³/mol. The molecule has 0 unspecified atom stereocenters. The first-order chi connectivity index (χ1) is 11.2. The van der Waals surface area contributed by atoms with Gasteiger partial charge in [0.1, 0.15) is 0 Å². The van der Waals surface area contributed by atoms with Gasteiger partial charge in [0, 0.05) is 63.9 Å². The van der Waals surface area contributed by atoms with Crippen LogP contribution in [0.15, 0.2) is 11.2 Å². The minimum Gasteiger partial charge on any atom is -0.383 e. The zero-order valence-electron chi connectivity index (χ0n) is 14.9. The fourth-order valence-corrected chi connectivity index (χ4v) is 3.26.